The number of hydrogen-bond acceptors (Lipinski definition) is 5. The van der Waals surface area contributed by atoms with Crippen LogP contribution < -0.4 is 5.32 Å². The van der Waals surface area contributed by atoms with E-state index >= 15 is 0 Å². The first-order valence-corrected chi connectivity index (χ1v) is 10.3. The van der Waals surface area contributed by atoms with Gasteiger partial charge in [-0.1, -0.05) is 0 Å². The molecule has 0 atom stereocenters. The van der Waals surface area contributed by atoms with Gasteiger partial charge in [-0.15, -0.1) is 0 Å². The van der Waals surface area contributed by atoms with Crippen LogP contribution in [0.2, 0.25) is 0 Å². The number of alkyl halides is 3. The fourth-order valence-electron chi connectivity index (χ4n) is 4.69. The number of imidazole rings is 1. The fraction of sp³-hybridized carbons (Fsp3) is 0.450. The van der Waals surface area contributed by atoms with Crippen molar-refractivity contribution in [3.63, 3.8) is 0 Å². The molecule has 3 aromatic rings. The Labute approximate surface area is 186 Å². The Morgan fingerprint density at radius 2 is 1.94 bits per heavy atom. The average molecular weight is 462 g/mol. The molecule has 2 fully saturated rings. The van der Waals surface area contributed by atoms with Crippen molar-refractivity contribution in [2.75, 3.05) is 25.5 Å². The van der Waals surface area contributed by atoms with Crippen LogP contribution in [-0.2, 0) is 13.2 Å². The number of amides is 3. The number of anilines is 1. The van der Waals surface area contributed by atoms with Crippen molar-refractivity contribution in [3.05, 3.63) is 42.2 Å². The van der Waals surface area contributed by atoms with E-state index in [4.69, 9.17) is 0 Å². The number of nitrogens with zero attached hydrogens (tertiary/aromatic N) is 7. The predicted octanol–water partition coefficient (Wildman–Crippen LogP) is 2.25. The van der Waals surface area contributed by atoms with E-state index in [0.717, 1.165) is 12.0 Å². The quantitative estimate of drug-likeness (QED) is 0.644. The molecule has 0 bridgehead atoms. The van der Waals surface area contributed by atoms with E-state index in [-0.39, 0.29) is 23.2 Å². The summed E-state index contributed by atoms with van der Waals surface area (Å²) >= 11 is 0. The zero-order valence-electron chi connectivity index (χ0n) is 17.9. The molecule has 13 heteroatoms. The first-order chi connectivity index (χ1) is 15.6. The minimum absolute atomic E-state index is 0.0340. The van der Waals surface area contributed by atoms with Crippen LogP contribution in [0.15, 0.2) is 31.0 Å². The van der Waals surface area contributed by atoms with Gasteiger partial charge in [0, 0.05) is 57.1 Å². The van der Waals surface area contributed by atoms with Gasteiger partial charge in [-0.05, 0) is 12.8 Å². The maximum absolute atomic E-state index is 12.9. The Balaban J connectivity index is 1.15. The maximum Gasteiger partial charge on any atom is 0.433 e. The zero-order valence-corrected chi connectivity index (χ0v) is 17.9. The molecule has 10 nitrogen and oxygen atoms in total. The van der Waals surface area contributed by atoms with Gasteiger partial charge in [0.05, 0.1) is 6.20 Å². The van der Waals surface area contributed by atoms with Crippen LogP contribution in [0.4, 0.5) is 23.8 Å². The molecule has 2 aliphatic rings. The topological polar surface area (TPSA) is 101 Å². The van der Waals surface area contributed by atoms with Crippen molar-refractivity contribution in [1.82, 2.24) is 33.9 Å². The molecule has 33 heavy (non-hydrogen) atoms. The largest absolute Gasteiger partial charge is 0.433 e. The van der Waals surface area contributed by atoms with Gasteiger partial charge < -0.3 is 14.4 Å². The molecule has 1 N–H and O–H groups in total. The Kier molecular flexibility index (Phi) is 4.62. The summed E-state index contributed by atoms with van der Waals surface area (Å²) in [5.74, 6) is -0.284. The second kappa shape index (κ2) is 7.18. The van der Waals surface area contributed by atoms with Crippen LogP contribution in [0.1, 0.15) is 28.9 Å². The minimum Gasteiger partial charge on any atom is -0.337 e. The second-order valence-corrected chi connectivity index (χ2v) is 8.79. The van der Waals surface area contributed by atoms with Gasteiger partial charge in [-0.3, -0.25) is 10.1 Å². The van der Waals surface area contributed by atoms with Crippen molar-refractivity contribution < 1.29 is 22.8 Å². The molecule has 1 saturated carbocycles. The zero-order chi connectivity index (χ0) is 23.5. The summed E-state index contributed by atoms with van der Waals surface area (Å²) < 4.78 is 41.9. The molecule has 0 radical (unpaired) electrons. The molecule has 5 rings (SSSR count). The van der Waals surface area contributed by atoms with Gasteiger partial charge >= 0.3 is 12.2 Å². The number of urea groups is 1. The molecule has 1 aliphatic carbocycles. The third-order valence-corrected chi connectivity index (χ3v) is 6.50. The highest BCUT2D eigenvalue weighted by molar-refractivity contribution is 6.00. The second-order valence-electron chi connectivity index (χ2n) is 8.79. The van der Waals surface area contributed by atoms with Gasteiger partial charge in [0.15, 0.2) is 0 Å². The lowest BCUT2D eigenvalue weighted by atomic mass is 9.60. The summed E-state index contributed by atoms with van der Waals surface area (Å²) in [5, 5.41) is 6.60. The Morgan fingerprint density at radius 1 is 1.21 bits per heavy atom. The lowest BCUT2D eigenvalue weighted by Crippen LogP contribution is -2.67. The van der Waals surface area contributed by atoms with Gasteiger partial charge in [0.25, 0.3) is 5.91 Å². The molecule has 0 aromatic carbocycles. The summed E-state index contributed by atoms with van der Waals surface area (Å²) in [6.45, 7) is 1.20. The molecule has 3 aromatic heterocycles. The van der Waals surface area contributed by atoms with E-state index in [0.29, 0.717) is 37.6 Å². The third-order valence-electron chi connectivity index (χ3n) is 6.50. The van der Waals surface area contributed by atoms with Crippen molar-refractivity contribution in [3.8, 4) is 0 Å². The summed E-state index contributed by atoms with van der Waals surface area (Å²) in [4.78, 5) is 35.5. The number of fused-ring (bicyclic) bond motifs is 1. The summed E-state index contributed by atoms with van der Waals surface area (Å²) in [7, 11) is 3.45. The van der Waals surface area contributed by atoms with Crippen molar-refractivity contribution in [1.29, 1.82) is 0 Å². The van der Waals surface area contributed by atoms with Gasteiger partial charge in [-0.25, -0.2) is 19.3 Å². The summed E-state index contributed by atoms with van der Waals surface area (Å²) in [5.41, 5.74) is 0.131. The number of aromatic nitrogens is 5. The number of likely N-dealkylation sites (tertiary alicyclic amines) is 1. The minimum atomic E-state index is -4.62. The third kappa shape index (κ3) is 3.56. The molecular formula is C20H21F3N8O2. The Bertz CT molecular complexity index is 1240. The lowest BCUT2D eigenvalue weighted by Gasteiger charge is -2.60. The highest BCUT2D eigenvalue weighted by Gasteiger charge is 2.55. The number of carbonyl (C=O) groups excluding carboxylic acids is 2. The number of carbonyl (C=O) groups is 2. The first-order valence-electron chi connectivity index (χ1n) is 10.3. The van der Waals surface area contributed by atoms with Crippen molar-refractivity contribution in [2.45, 2.75) is 25.1 Å². The molecule has 174 valence electrons. The smallest absolute Gasteiger partial charge is 0.337 e. The van der Waals surface area contributed by atoms with Crippen LogP contribution in [0.3, 0.4) is 0 Å². The lowest BCUT2D eigenvalue weighted by molar-refractivity contribution is -0.141. The van der Waals surface area contributed by atoms with Crippen LogP contribution in [0.5, 0.6) is 0 Å². The maximum atomic E-state index is 12.9. The summed E-state index contributed by atoms with van der Waals surface area (Å²) in [6.07, 6.45) is 2.76. The van der Waals surface area contributed by atoms with Crippen LogP contribution in [0.25, 0.3) is 5.65 Å². The van der Waals surface area contributed by atoms with Crippen molar-refractivity contribution >= 4 is 23.4 Å². The van der Waals surface area contributed by atoms with Gasteiger partial charge in [0.2, 0.25) is 0 Å². The van der Waals surface area contributed by atoms with Crippen LogP contribution >= 0.6 is 0 Å². The van der Waals surface area contributed by atoms with E-state index < -0.39 is 17.9 Å². The van der Waals surface area contributed by atoms with Crippen LogP contribution in [-0.4, -0.2) is 72.1 Å². The van der Waals surface area contributed by atoms with E-state index in [1.165, 1.54) is 4.90 Å². The number of rotatable bonds is 3. The van der Waals surface area contributed by atoms with E-state index in [2.05, 4.69) is 20.4 Å². The van der Waals surface area contributed by atoms with Crippen LogP contribution in [0, 0.1) is 5.41 Å². The first kappa shape index (κ1) is 21.2. The average Bonchev–Trinajstić information content (AvgIpc) is 3.28. The Hall–Kier alpha value is -3.64. The number of hydrogen-bond donors (Lipinski definition) is 1. The van der Waals surface area contributed by atoms with Gasteiger partial charge in [0.1, 0.15) is 29.0 Å². The van der Waals surface area contributed by atoms with E-state index in [9.17, 15) is 22.8 Å². The monoisotopic (exact) mass is 462 g/mol. The number of nitrogens with one attached hydrogen (secondary N) is 1. The number of halogens is 3. The van der Waals surface area contributed by atoms with Crippen molar-refractivity contribution in [2.24, 2.45) is 12.5 Å². The van der Waals surface area contributed by atoms with E-state index in [1.54, 1.807) is 28.9 Å². The SMILES string of the molecule is CN(C(=O)Nc1cc(C(F)(F)F)ncn1)C1CC2(C1)CN(C(=O)c1cnn3ccn(C)c13)C2. The molecule has 3 amide bonds. The molecular weight excluding hydrogens is 441 g/mol. The van der Waals surface area contributed by atoms with E-state index in [1.807, 2.05) is 17.8 Å². The highest BCUT2D eigenvalue weighted by atomic mass is 19.4. The molecule has 0 unspecified atom stereocenters. The molecule has 1 spiro atoms. The molecule has 4 heterocycles. The highest BCUT2D eigenvalue weighted by Crippen LogP contribution is 2.50. The summed E-state index contributed by atoms with van der Waals surface area (Å²) in [6, 6.07) is 0.0888. The standard InChI is InChI=1S/C20H21F3N8O2/c1-28-3-4-31-16(28)13(8-26-31)17(32)30-9-19(10-30)6-12(7-19)29(2)18(33)27-15-5-14(20(21,22)23)24-11-25-15/h3-5,8,11-12H,6-7,9-10H2,1-2H3,(H,24,25,27,33). The molecule has 1 saturated heterocycles. The van der Waals surface area contributed by atoms with Gasteiger partial charge in [-0.2, -0.15) is 18.3 Å². The number of aryl methyl sites for hydroxylation is 1. The predicted molar refractivity (Wildman–Crippen MR) is 109 cm³/mol. The normalized spacial score (nSPS) is 17.7. The fourth-order valence-corrected chi connectivity index (χ4v) is 4.69. The Morgan fingerprint density at radius 3 is 2.64 bits per heavy atom. The molecule has 1 aliphatic heterocycles.